The number of hydrogen-bond donors (Lipinski definition) is 1. The zero-order chi connectivity index (χ0) is 27.0. The Labute approximate surface area is 223 Å². The number of ether oxygens (including phenoxy) is 3. The molecule has 0 bridgehead atoms. The Morgan fingerprint density at radius 2 is 1.97 bits per heavy atom. The molecule has 2 aliphatic rings. The van der Waals surface area contributed by atoms with Gasteiger partial charge in [0.1, 0.15) is 5.76 Å². The van der Waals surface area contributed by atoms with Crippen LogP contribution in [0.4, 0.5) is 5.69 Å². The Hall–Kier alpha value is -3.27. The fraction of sp³-hybridized carbons (Fsp3) is 0.483. The number of anilines is 1. The minimum Gasteiger partial charge on any atom is -0.497 e. The molecule has 1 N–H and O–H groups in total. The quantitative estimate of drug-likeness (QED) is 0.476. The van der Waals surface area contributed by atoms with Crippen molar-refractivity contribution < 1.29 is 19.3 Å². The summed E-state index contributed by atoms with van der Waals surface area (Å²) in [6, 6.07) is 6.16. The number of methoxy groups -OCH3 is 2. The fourth-order valence-electron chi connectivity index (χ4n) is 5.20. The van der Waals surface area contributed by atoms with Gasteiger partial charge in [-0.3, -0.25) is 9.67 Å². The van der Waals surface area contributed by atoms with Crippen molar-refractivity contribution in [2.45, 2.75) is 45.5 Å². The Morgan fingerprint density at radius 3 is 2.66 bits per heavy atom. The van der Waals surface area contributed by atoms with Crippen molar-refractivity contribution in [1.29, 1.82) is 0 Å². The Balaban J connectivity index is 1.55. The largest absolute Gasteiger partial charge is 0.497 e. The second kappa shape index (κ2) is 10.8. The van der Waals surface area contributed by atoms with E-state index in [1.165, 1.54) is 0 Å². The Morgan fingerprint density at radius 1 is 1.16 bits per heavy atom. The van der Waals surface area contributed by atoms with Crippen molar-refractivity contribution in [1.82, 2.24) is 19.7 Å². The van der Waals surface area contributed by atoms with E-state index >= 15 is 0 Å². The van der Waals surface area contributed by atoms with Crippen molar-refractivity contribution in [3.05, 3.63) is 59.9 Å². The summed E-state index contributed by atoms with van der Waals surface area (Å²) in [5, 5.41) is 14.7. The molecule has 202 valence electrons. The van der Waals surface area contributed by atoms with Gasteiger partial charge in [0.2, 0.25) is 0 Å². The maximum Gasteiger partial charge on any atom is 0.122 e. The predicted molar refractivity (Wildman–Crippen MR) is 146 cm³/mol. The minimum atomic E-state index is -0.519. The van der Waals surface area contributed by atoms with E-state index in [0.29, 0.717) is 6.54 Å². The second-order valence-corrected chi connectivity index (χ2v) is 10.5. The summed E-state index contributed by atoms with van der Waals surface area (Å²) >= 11 is 0. The van der Waals surface area contributed by atoms with Gasteiger partial charge in [0.05, 0.1) is 61.1 Å². The number of allylic oxidation sites excluding steroid dienone is 1. The SMILES string of the molecule is COC1=CC(OC)CC2=C1C(C)C(OCC(O)C(C)C)CN2c1ccc2ncc(-c3cnn(C)c3)nc2c1. The van der Waals surface area contributed by atoms with Crippen LogP contribution in [-0.4, -0.2) is 70.5 Å². The number of rotatable bonds is 8. The normalized spacial score (nSPS) is 22.6. The van der Waals surface area contributed by atoms with Crippen LogP contribution in [0.1, 0.15) is 27.2 Å². The Kier molecular flexibility index (Phi) is 7.52. The summed E-state index contributed by atoms with van der Waals surface area (Å²) in [6.07, 6.45) is 7.54. The first-order valence-electron chi connectivity index (χ1n) is 13.1. The minimum absolute atomic E-state index is 0.0852. The van der Waals surface area contributed by atoms with Crippen LogP contribution in [0.25, 0.3) is 22.3 Å². The third-order valence-electron chi connectivity index (χ3n) is 7.62. The summed E-state index contributed by atoms with van der Waals surface area (Å²) in [7, 11) is 5.31. The molecule has 3 heterocycles. The Bertz CT molecular complexity index is 1360. The van der Waals surface area contributed by atoms with Gasteiger partial charge in [0.25, 0.3) is 0 Å². The molecule has 0 saturated heterocycles. The van der Waals surface area contributed by atoms with E-state index < -0.39 is 6.10 Å². The maximum absolute atomic E-state index is 10.4. The molecule has 5 rings (SSSR count). The number of aryl methyl sites for hydroxylation is 1. The molecule has 0 radical (unpaired) electrons. The van der Waals surface area contributed by atoms with E-state index in [-0.39, 0.29) is 30.7 Å². The third-order valence-corrected chi connectivity index (χ3v) is 7.62. The van der Waals surface area contributed by atoms with Crippen molar-refractivity contribution >= 4 is 16.7 Å². The molecule has 3 aromatic rings. The maximum atomic E-state index is 10.4. The molecule has 1 aliphatic heterocycles. The van der Waals surface area contributed by atoms with Crippen LogP contribution in [0, 0.1) is 11.8 Å². The fourth-order valence-corrected chi connectivity index (χ4v) is 5.20. The van der Waals surface area contributed by atoms with E-state index in [1.54, 1.807) is 31.3 Å². The molecular formula is C29H37N5O4. The molecule has 9 nitrogen and oxygen atoms in total. The number of aromatic nitrogens is 4. The number of benzene rings is 1. The van der Waals surface area contributed by atoms with Gasteiger partial charge in [-0.05, 0) is 30.2 Å². The monoisotopic (exact) mass is 519 g/mol. The highest BCUT2D eigenvalue weighted by atomic mass is 16.5. The number of fused-ring (bicyclic) bond motifs is 1. The smallest absolute Gasteiger partial charge is 0.122 e. The molecule has 1 aromatic carbocycles. The summed E-state index contributed by atoms with van der Waals surface area (Å²) in [5.41, 5.74) is 6.60. The lowest BCUT2D eigenvalue weighted by Crippen LogP contribution is -2.47. The van der Waals surface area contributed by atoms with E-state index in [0.717, 1.165) is 51.4 Å². The number of hydrogen-bond acceptors (Lipinski definition) is 8. The zero-order valence-electron chi connectivity index (χ0n) is 23.0. The van der Waals surface area contributed by atoms with Gasteiger partial charge < -0.3 is 24.2 Å². The molecule has 4 atom stereocenters. The zero-order valence-corrected chi connectivity index (χ0v) is 23.0. The van der Waals surface area contributed by atoms with Gasteiger partial charge >= 0.3 is 0 Å². The van der Waals surface area contributed by atoms with Crippen LogP contribution in [0.3, 0.4) is 0 Å². The summed E-state index contributed by atoms with van der Waals surface area (Å²) in [6.45, 7) is 7.09. The van der Waals surface area contributed by atoms with Gasteiger partial charge in [-0.1, -0.05) is 20.8 Å². The highest BCUT2D eigenvalue weighted by Gasteiger charge is 2.39. The summed E-state index contributed by atoms with van der Waals surface area (Å²) in [5.74, 6) is 1.02. The van der Waals surface area contributed by atoms with Gasteiger partial charge in [-0.15, -0.1) is 0 Å². The molecule has 4 unspecified atom stereocenters. The number of aliphatic hydroxyl groups excluding tert-OH is 1. The summed E-state index contributed by atoms with van der Waals surface area (Å²) in [4.78, 5) is 11.8. The van der Waals surface area contributed by atoms with Crippen LogP contribution in [-0.2, 0) is 21.3 Å². The topological polar surface area (TPSA) is 94.8 Å². The second-order valence-electron chi connectivity index (χ2n) is 10.5. The van der Waals surface area contributed by atoms with Crippen molar-refractivity contribution in [2.24, 2.45) is 18.9 Å². The molecule has 0 spiro atoms. The lowest BCUT2D eigenvalue weighted by atomic mass is 9.82. The van der Waals surface area contributed by atoms with Gasteiger partial charge in [-0.2, -0.15) is 5.10 Å². The molecule has 0 fully saturated rings. The highest BCUT2D eigenvalue weighted by molar-refractivity contribution is 5.81. The van der Waals surface area contributed by atoms with Crippen molar-refractivity contribution in [3.63, 3.8) is 0 Å². The summed E-state index contributed by atoms with van der Waals surface area (Å²) < 4.78 is 19.7. The molecule has 38 heavy (non-hydrogen) atoms. The molecular weight excluding hydrogens is 482 g/mol. The third kappa shape index (κ3) is 5.06. The van der Waals surface area contributed by atoms with Gasteiger partial charge in [0, 0.05) is 61.8 Å². The first kappa shape index (κ1) is 26.3. The van der Waals surface area contributed by atoms with E-state index in [1.807, 2.05) is 39.2 Å². The van der Waals surface area contributed by atoms with Gasteiger partial charge in [0.15, 0.2) is 0 Å². The lowest BCUT2D eigenvalue weighted by Gasteiger charge is -2.44. The molecule has 0 amide bonds. The highest BCUT2D eigenvalue weighted by Crippen LogP contribution is 2.42. The van der Waals surface area contributed by atoms with Crippen LogP contribution in [0.15, 0.2) is 59.9 Å². The van der Waals surface area contributed by atoms with E-state index in [4.69, 9.17) is 19.2 Å². The van der Waals surface area contributed by atoms with Crippen LogP contribution >= 0.6 is 0 Å². The lowest BCUT2D eigenvalue weighted by molar-refractivity contribution is -0.0389. The molecule has 9 heteroatoms. The molecule has 0 saturated carbocycles. The first-order chi connectivity index (χ1) is 18.3. The molecule has 2 aromatic heterocycles. The van der Waals surface area contributed by atoms with E-state index in [2.05, 4.69) is 34.0 Å². The predicted octanol–water partition coefficient (Wildman–Crippen LogP) is 4.09. The molecule has 1 aliphatic carbocycles. The average Bonchev–Trinajstić information content (AvgIpc) is 3.37. The van der Waals surface area contributed by atoms with Crippen molar-refractivity contribution in [3.8, 4) is 11.3 Å². The van der Waals surface area contributed by atoms with Crippen LogP contribution < -0.4 is 4.90 Å². The first-order valence-corrected chi connectivity index (χ1v) is 13.1. The number of aliphatic hydroxyl groups is 1. The van der Waals surface area contributed by atoms with Gasteiger partial charge in [-0.25, -0.2) is 4.98 Å². The van der Waals surface area contributed by atoms with Crippen LogP contribution in [0.2, 0.25) is 0 Å². The average molecular weight is 520 g/mol. The van der Waals surface area contributed by atoms with Crippen LogP contribution in [0.5, 0.6) is 0 Å². The van der Waals surface area contributed by atoms with Crippen molar-refractivity contribution in [2.75, 3.05) is 32.3 Å². The standard InChI is InChI=1S/C29H37N5O4/c1-17(2)26(35)16-38-28-15-34(25-10-21(36-5)11-27(37-6)29(25)18(28)3)20-7-8-22-23(9-20)32-24(13-30-22)19-12-31-33(4)14-19/h7-9,11-14,17-18,21,26,28,35H,10,15-16H2,1-6H3. The van der Waals surface area contributed by atoms with E-state index in [9.17, 15) is 5.11 Å². The number of nitrogens with zero attached hydrogens (tertiary/aromatic N) is 5.